The number of rotatable bonds is 5. The van der Waals surface area contributed by atoms with E-state index >= 15 is 0 Å². The van der Waals surface area contributed by atoms with Crippen LogP contribution < -0.4 is 10.6 Å². The highest BCUT2D eigenvalue weighted by Crippen LogP contribution is 2.26. The first-order chi connectivity index (χ1) is 13.0. The van der Waals surface area contributed by atoms with Gasteiger partial charge in [0.25, 0.3) is 11.8 Å². The molecule has 3 rings (SSSR count). The Morgan fingerprint density at radius 2 is 1.93 bits per heavy atom. The lowest BCUT2D eigenvalue weighted by molar-refractivity contribution is 0.0955. The maximum Gasteiger partial charge on any atom is 0.275 e. The number of nitrogens with zero attached hydrogens (tertiary/aromatic N) is 1. The van der Waals surface area contributed by atoms with E-state index in [2.05, 4.69) is 15.6 Å². The molecule has 1 heterocycles. The summed E-state index contributed by atoms with van der Waals surface area (Å²) in [7, 11) is 0. The lowest BCUT2D eigenvalue weighted by Crippen LogP contribution is -2.22. The molecule has 0 radical (unpaired) electrons. The number of amides is 2. The van der Waals surface area contributed by atoms with Crippen molar-refractivity contribution in [3.63, 3.8) is 0 Å². The summed E-state index contributed by atoms with van der Waals surface area (Å²) in [6.45, 7) is 4.21. The number of thiazole rings is 1. The summed E-state index contributed by atoms with van der Waals surface area (Å²) in [6, 6.07) is 11.4. The first-order valence-corrected chi connectivity index (χ1v) is 9.28. The second-order valence-electron chi connectivity index (χ2n) is 5.86. The zero-order valence-corrected chi connectivity index (χ0v) is 15.7. The molecule has 0 atom stereocenters. The number of hydrogen-bond acceptors (Lipinski definition) is 4. The summed E-state index contributed by atoms with van der Waals surface area (Å²) in [5.74, 6) is -0.925. The Kier molecular flexibility index (Phi) is 5.61. The lowest BCUT2D eigenvalue weighted by Gasteiger charge is -2.09. The van der Waals surface area contributed by atoms with Crippen molar-refractivity contribution < 1.29 is 14.0 Å². The van der Waals surface area contributed by atoms with Crippen LogP contribution in [0, 0.1) is 12.7 Å². The largest absolute Gasteiger partial charge is 0.352 e. The molecule has 0 aliphatic heterocycles. The SMILES string of the molecule is CCNC(=O)c1ccc(NC(=O)c2csc(-c3ccccc3F)n2)c(C)c1. The normalized spacial score (nSPS) is 10.5. The Morgan fingerprint density at radius 1 is 1.15 bits per heavy atom. The summed E-state index contributed by atoms with van der Waals surface area (Å²) < 4.78 is 13.9. The highest BCUT2D eigenvalue weighted by Gasteiger charge is 2.15. The van der Waals surface area contributed by atoms with Gasteiger partial charge >= 0.3 is 0 Å². The van der Waals surface area contributed by atoms with Crippen molar-refractivity contribution in [1.82, 2.24) is 10.3 Å². The summed E-state index contributed by atoms with van der Waals surface area (Å²) in [6.07, 6.45) is 0. The molecule has 5 nitrogen and oxygen atoms in total. The monoisotopic (exact) mass is 383 g/mol. The van der Waals surface area contributed by atoms with Gasteiger partial charge in [0.05, 0.1) is 0 Å². The summed E-state index contributed by atoms with van der Waals surface area (Å²) in [4.78, 5) is 28.6. The second-order valence-corrected chi connectivity index (χ2v) is 6.72. The van der Waals surface area contributed by atoms with Crippen molar-refractivity contribution >= 4 is 28.8 Å². The molecule has 0 fully saturated rings. The quantitative estimate of drug-likeness (QED) is 0.692. The molecule has 138 valence electrons. The van der Waals surface area contributed by atoms with Crippen LogP contribution in [-0.2, 0) is 0 Å². The third-order valence-corrected chi connectivity index (χ3v) is 4.79. The number of benzene rings is 2. The Hall–Kier alpha value is -3.06. The number of hydrogen-bond donors (Lipinski definition) is 2. The summed E-state index contributed by atoms with van der Waals surface area (Å²) in [5, 5.41) is 7.55. The fourth-order valence-corrected chi connectivity index (χ4v) is 3.36. The summed E-state index contributed by atoms with van der Waals surface area (Å²) >= 11 is 1.21. The Labute approximate surface area is 160 Å². The third kappa shape index (κ3) is 4.20. The van der Waals surface area contributed by atoms with Gasteiger partial charge in [-0.15, -0.1) is 11.3 Å². The molecule has 2 amide bonds. The molecule has 0 saturated heterocycles. The van der Waals surface area contributed by atoms with Crippen molar-refractivity contribution in [2.45, 2.75) is 13.8 Å². The van der Waals surface area contributed by atoms with E-state index in [1.54, 1.807) is 41.8 Å². The molecule has 0 aliphatic carbocycles. The molecule has 2 aromatic carbocycles. The van der Waals surface area contributed by atoms with Gasteiger partial charge in [-0.25, -0.2) is 9.37 Å². The molecule has 0 bridgehead atoms. The molecule has 1 aromatic heterocycles. The highest BCUT2D eigenvalue weighted by molar-refractivity contribution is 7.13. The van der Waals surface area contributed by atoms with E-state index in [9.17, 15) is 14.0 Å². The topological polar surface area (TPSA) is 71.1 Å². The first-order valence-electron chi connectivity index (χ1n) is 8.40. The van der Waals surface area contributed by atoms with Gasteiger partial charge < -0.3 is 10.6 Å². The van der Waals surface area contributed by atoms with E-state index in [0.29, 0.717) is 28.4 Å². The van der Waals surface area contributed by atoms with Gasteiger partial charge in [-0.3, -0.25) is 9.59 Å². The molecule has 3 aromatic rings. The van der Waals surface area contributed by atoms with Gasteiger partial charge in [-0.1, -0.05) is 12.1 Å². The third-order valence-electron chi connectivity index (χ3n) is 3.92. The molecule has 2 N–H and O–H groups in total. The molecule has 27 heavy (non-hydrogen) atoms. The van der Waals surface area contributed by atoms with E-state index in [-0.39, 0.29) is 23.3 Å². The Balaban J connectivity index is 1.76. The highest BCUT2D eigenvalue weighted by atomic mass is 32.1. The van der Waals surface area contributed by atoms with Gasteiger partial charge in [0.1, 0.15) is 16.5 Å². The van der Waals surface area contributed by atoms with Crippen LogP contribution >= 0.6 is 11.3 Å². The number of anilines is 1. The number of carbonyl (C=O) groups is 2. The fraction of sp³-hybridized carbons (Fsp3) is 0.150. The number of aryl methyl sites for hydroxylation is 1. The molecule has 0 saturated carbocycles. The molecular weight excluding hydrogens is 365 g/mol. The van der Waals surface area contributed by atoms with Gasteiger partial charge in [-0.05, 0) is 49.7 Å². The van der Waals surface area contributed by atoms with Gasteiger partial charge in [0.2, 0.25) is 0 Å². The van der Waals surface area contributed by atoms with Crippen molar-refractivity contribution in [2.24, 2.45) is 0 Å². The lowest BCUT2D eigenvalue weighted by atomic mass is 10.1. The van der Waals surface area contributed by atoms with Gasteiger partial charge in [0, 0.05) is 28.7 Å². The number of aromatic nitrogens is 1. The Bertz CT molecular complexity index is 1000. The molecule has 0 unspecified atom stereocenters. The number of nitrogens with one attached hydrogen (secondary N) is 2. The predicted octanol–water partition coefficient (Wildman–Crippen LogP) is 4.26. The van der Waals surface area contributed by atoms with E-state index in [1.807, 2.05) is 13.8 Å². The van der Waals surface area contributed by atoms with Gasteiger partial charge in [-0.2, -0.15) is 0 Å². The molecular formula is C20H18FN3O2S. The van der Waals surface area contributed by atoms with Crippen molar-refractivity contribution in [3.05, 3.63) is 70.5 Å². The van der Waals surface area contributed by atoms with E-state index in [4.69, 9.17) is 0 Å². The van der Waals surface area contributed by atoms with Crippen LogP contribution in [0.5, 0.6) is 0 Å². The number of halogens is 1. The van der Waals surface area contributed by atoms with Crippen LogP contribution in [0.4, 0.5) is 10.1 Å². The van der Waals surface area contributed by atoms with Crippen LogP contribution in [0.25, 0.3) is 10.6 Å². The fourth-order valence-electron chi connectivity index (χ4n) is 2.53. The second kappa shape index (κ2) is 8.09. The Morgan fingerprint density at radius 3 is 2.63 bits per heavy atom. The van der Waals surface area contributed by atoms with E-state index < -0.39 is 0 Å². The smallest absolute Gasteiger partial charge is 0.275 e. The van der Waals surface area contributed by atoms with Crippen molar-refractivity contribution in [2.75, 3.05) is 11.9 Å². The average Bonchev–Trinajstić information content (AvgIpc) is 3.14. The standard InChI is InChI=1S/C20H18FN3O2S/c1-3-22-18(25)13-8-9-16(12(2)10-13)23-19(26)17-11-27-20(24-17)14-6-4-5-7-15(14)21/h4-11H,3H2,1-2H3,(H,22,25)(H,23,26). The molecule has 0 spiro atoms. The minimum atomic E-state index is -0.386. The first kappa shape index (κ1) is 18.7. The minimum Gasteiger partial charge on any atom is -0.352 e. The number of carbonyl (C=O) groups excluding carboxylic acids is 2. The van der Waals surface area contributed by atoms with E-state index in [0.717, 1.165) is 5.56 Å². The van der Waals surface area contributed by atoms with Crippen LogP contribution in [0.2, 0.25) is 0 Å². The van der Waals surface area contributed by atoms with Crippen LogP contribution in [0.15, 0.2) is 47.8 Å². The van der Waals surface area contributed by atoms with Crippen molar-refractivity contribution in [1.29, 1.82) is 0 Å². The van der Waals surface area contributed by atoms with Crippen LogP contribution in [0.3, 0.4) is 0 Å². The van der Waals surface area contributed by atoms with Crippen molar-refractivity contribution in [3.8, 4) is 10.6 Å². The predicted molar refractivity (Wildman–Crippen MR) is 105 cm³/mol. The maximum absolute atomic E-state index is 13.9. The maximum atomic E-state index is 13.9. The molecule has 7 heteroatoms. The molecule has 0 aliphatic rings. The average molecular weight is 383 g/mol. The van der Waals surface area contributed by atoms with Gasteiger partial charge in [0.15, 0.2) is 0 Å². The zero-order valence-electron chi connectivity index (χ0n) is 14.9. The zero-order chi connectivity index (χ0) is 19.4. The van der Waals surface area contributed by atoms with E-state index in [1.165, 1.54) is 17.4 Å². The summed E-state index contributed by atoms with van der Waals surface area (Å²) in [5.41, 5.74) is 2.46. The van der Waals surface area contributed by atoms with Crippen LogP contribution in [-0.4, -0.2) is 23.3 Å². The minimum absolute atomic E-state index is 0.160. The van der Waals surface area contributed by atoms with Crippen LogP contribution in [0.1, 0.15) is 33.3 Å².